The number of fused-ring (bicyclic) bond motifs is 1. The zero-order chi connectivity index (χ0) is 20.0. The molecule has 4 nitrogen and oxygen atoms in total. The summed E-state index contributed by atoms with van der Waals surface area (Å²) in [4.78, 5) is 11.7. The second kappa shape index (κ2) is 9.39. The van der Waals surface area contributed by atoms with Crippen LogP contribution in [0, 0.1) is 0 Å². The van der Waals surface area contributed by atoms with Crippen LogP contribution < -0.4 is 9.47 Å². The zero-order valence-corrected chi connectivity index (χ0v) is 18.0. The SMILES string of the molecule is CC[Si](CC)(CC)O[C@H]1Cc2ccc(OCc3ccccc3)cc2O[C@@H]1C=O. The summed E-state index contributed by atoms with van der Waals surface area (Å²) in [5.41, 5.74) is 2.18. The van der Waals surface area contributed by atoms with Crippen molar-refractivity contribution in [2.75, 3.05) is 0 Å². The van der Waals surface area contributed by atoms with Crippen molar-refractivity contribution in [3.8, 4) is 11.5 Å². The molecule has 0 aromatic heterocycles. The van der Waals surface area contributed by atoms with Crippen molar-refractivity contribution in [2.24, 2.45) is 0 Å². The fourth-order valence-electron chi connectivity index (χ4n) is 3.74. The molecular formula is C23H30O4Si. The van der Waals surface area contributed by atoms with Gasteiger partial charge in [0.05, 0.1) is 6.10 Å². The molecule has 0 aliphatic carbocycles. The normalized spacial score (nSPS) is 18.8. The van der Waals surface area contributed by atoms with E-state index in [-0.39, 0.29) is 6.10 Å². The highest BCUT2D eigenvalue weighted by Crippen LogP contribution is 2.35. The summed E-state index contributed by atoms with van der Waals surface area (Å²) >= 11 is 0. The Kier molecular flexibility index (Phi) is 6.91. The van der Waals surface area contributed by atoms with Crippen molar-refractivity contribution in [1.82, 2.24) is 0 Å². The molecule has 150 valence electrons. The van der Waals surface area contributed by atoms with E-state index in [0.717, 1.165) is 47.0 Å². The van der Waals surface area contributed by atoms with Gasteiger partial charge < -0.3 is 13.9 Å². The molecule has 0 spiro atoms. The zero-order valence-electron chi connectivity index (χ0n) is 17.0. The summed E-state index contributed by atoms with van der Waals surface area (Å²) in [6.45, 7) is 7.09. The molecule has 1 heterocycles. The van der Waals surface area contributed by atoms with Crippen molar-refractivity contribution >= 4 is 14.6 Å². The van der Waals surface area contributed by atoms with E-state index < -0.39 is 14.4 Å². The number of benzene rings is 2. The molecule has 0 saturated heterocycles. The molecule has 2 aromatic carbocycles. The molecule has 0 fully saturated rings. The third kappa shape index (κ3) is 4.65. The molecule has 28 heavy (non-hydrogen) atoms. The molecule has 0 unspecified atom stereocenters. The van der Waals surface area contributed by atoms with E-state index in [4.69, 9.17) is 13.9 Å². The largest absolute Gasteiger partial charge is 0.489 e. The van der Waals surface area contributed by atoms with E-state index in [1.165, 1.54) is 0 Å². The van der Waals surface area contributed by atoms with Crippen molar-refractivity contribution in [3.63, 3.8) is 0 Å². The van der Waals surface area contributed by atoms with Crippen LogP contribution in [0.25, 0.3) is 0 Å². The van der Waals surface area contributed by atoms with E-state index in [0.29, 0.717) is 13.0 Å². The number of carbonyl (C=O) groups is 1. The smallest absolute Gasteiger partial charge is 0.192 e. The van der Waals surface area contributed by atoms with Crippen LogP contribution >= 0.6 is 0 Å². The van der Waals surface area contributed by atoms with Gasteiger partial charge >= 0.3 is 0 Å². The monoisotopic (exact) mass is 398 g/mol. The predicted molar refractivity (Wildman–Crippen MR) is 113 cm³/mol. The second-order valence-corrected chi connectivity index (χ2v) is 12.1. The molecular weight excluding hydrogens is 368 g/mol. The summed E-state index contributed by atoms with van der Waals surface area (Å²) in [6.07, 6.45) is 0.818. The lowest BCUT2D eigenvalue weighted by Crippen LogP contribution is -2.49. The Balaban J connectivity index is 1.72. The van der Waals surface area contributed by atoms with Gasteiger partial charge in [-0.3, -0.25) is 4.79 Å². The topological polar surface area (TPSA) is 44.8 Å². The first-order chi connectivity index (χ1) is 13.6. The molecule has 3 rings (SSSR count). The van der Waals surface area contributed by atoms with Crippen LogP contribution in [0.15, 0.2) is 48.5 Å². The molecule has 1 aliphatic rings. The number of ether oxygens (including phenoxy) is 2. The Morgan fingerprint density at radius 1 is 1.07 bits per heavy atom. The van der Waals surface area contributed by atoms with Gasteiger partial charge in [-0.05, 0) is 35.3 Å². The van der Waals surface area contributed by atoms with Crippen molar-refractivity contribution in [2.45, 2.75) is 64.1 Å². The predicted octanol–water partition coefficient (Wildman–Crippen LogP) is 5.16. The molecule has 0 amide bonds. The van der Waals surface area contributed by atoms with Crippen LogP contribution in [-0.4, -0.2) is 26.8 Å². The highest BCUT2D eigenvalue weighted by atomic mass is 28.4. The van der Waals surface area contributed by atoms with Crippen molar-refractivity contribution in [1.29, 1.82) is 0 Å². The average molecular weight is 399 g/mol. The molecule has 0 bridgehead atoms. The summed E-state index contributed by atoms with van der Waals surface area (Å²) in [5.74, 6) is 1.46. The van der Waals surface area contributed by atoms with Gasteiger partial charge in [-0.25, -0.2) is 0 Å². The number of aldehydes is 1. The van der Waals surface area contributed by atoms with Crippen LogP contribution in [-0.2, 0) is 22.2 Å². The Bertz CT molecular complexity index is 765. The fraction of sp³-hybridized carbons (Fsp3) is 0.435. The first kappa shape index (κ1) is 20.6. The molecule has 2 aromatic rings. The summed E-state index contributed by atoms with van der Waals surface area (Å²) in [5, 5.41) is 0. The number of rotatable bonds is 9. The maximum atomic E-state index is 11.7. The Morgan fingerprint density at radius 3 is 2.43 bits per heavy atom. The van der Waals surface area contributed by atoms with E-state index >= 15 is 0 Å². The third-order valence-electron chi connectivity index (χ3n) is 5.81. The maximum Gasteiger partial charge on any atom is 0.192 e. The number of carbonyl (C=O) groups excluding carboxylic acids is 1. The highest BCUT2D eigenvalue weighted by Gasteiger charge is 2.38. The maximum absolute atomic E-state index is 11.7. The van der Waals surface area contributed by atoms with Crippen LogP contribution in [0.4, 0.5) is 0 Å². The van der Waals surface area contributed by atoms with Gasteiger partial charge in [0.15, 0.2) is 20.7 Å². The lowest BCUT2D eigenvalue weighted by molar-refractivity contribution is -0.118. The van der Waals surface area contributed by atoms with Gasteiger partial charge in [0, 0.05) is 12.5 Å². The lowest BCUT2D eigenvalue weighted by Gasteiger charge is -2.38. The first-order valence-electron chi connectivity index (χ1n) is 10.2. The number of hydrogen-bond donors (Lipinski definition) is 0. The molecule has 0 radical (unpaired) electrons. The van der Waals surface area contributed by atoms with Crippen molar-refractivity contribution in [3.05, 3.63) is 59.7 Å². The minimum absolute atomic E-state index is 0.201. The van der Waals surface area contributed by atoms with Gasteiger partial charge in [-0.15, -0.1) is 0 Å². The van der Waals surface area contributed by atoms with Gasteiger partial charge in [0.25, 0.3) is 0 Å². The minimum Gasteiger partial charge on any atom is -0.489 e. The molecule has 2 atom stereocenters. The van der Waals surface area contributed by atoms with Crippen LogP contribution in [0.5, 0.6) is 11.5 Å². The molecule has 0 N–H and O–H groups in total. The average Bonchev–Trinajstić information content (AvgIpc) is 2.76. The molecule has 5 heteroatoms. The number of hydrogen-bond acceptors (Lipinski definition) is 4. The van der Waals surface area contributed by atoms with Gasteiger partial charge in [0.2, 0.25) is 0 Å². The van der Waals surface area contributed by atoms with E-state index in [9.17, 15) is 4.79 Å². The molecule has 0 saturated carbocycles. The Morgan fingerprint density at radius 2 is 1.79 bits per heavy atom. The summed E-state index contributed by atoms with van der Waals surface area (Å²) < 4.78 is 18.5. The van der Waals surface area contributed by atoms with Gasteiger partial charge in [-0.2, -0.15) is 0 Å². The standard InChI is InChI=1S/C23H30O4Si/c1-4-28(5-2,6-3)27-22-14-19-12-13-20(15-21(19)26-23(22)16-24)25-17-18-10-8-7-9-11-18/h7-13,15-16,22-23H,4-6,14,17H2,1-3H3/t22-,23+/m0/s1. The summed E-state index contributed by atoms with van der Waals surface area (Å²) in [7, 11) is -1.81. The van der Waals surface area contributed by atoms with E-state index in [2.05, 4.69) is 20.8 Å². The van der Waals surface area contributed by atoms with Crippen LogP contribution in [0.1, 0.15) is 31.9 Å². The Labute approximate surface area is 169 Å². The Hall–Kier alpha value is -2.11. The quantitative estimate of drug-likeness (QED) is 0.432. The second-order valence-electron chi connectivity index (χ2n) is 7.37. The van der Waals surface area contributed by atoms with E-state index in [1.54, 1.807) is 0 Å². The van der Waals surface area contributed by atoms with E-state index in [1.807, 2.05) is 48.5 Å². The van der Waals surface area contributed by atoms with Crippen molar-refractivity contribution < 1.29 is 18.7 Å². The van der Waals surface area contributed by atoms with Gasteiger partial charge in [0.1, 0.15) is 18.1 Å². The molecule has 1 aliphatic heterocycles. The fourth-order valence-corrected chi connectivity index (χ4v) is 6.60. The summed E-state index contributed by atoms with van der Waals surface area (Å²) in [6, 6.07) is 19.1. The lowest BCUT2D eigenvalue weighted by atomic mass is 10.00. The highest BCUT2D eigenvalue weighted by molar-refractivity contribution is 6.73. The van der Waals surface area contributed by atoms with Crippen LogP contribution in [0.2, 0.25) is 18.1 Å². The van der Waals surface area contributed by atoms with Gasteiger partial charge in [-0.1, -0.05) is 57.2 Å². The first-order valence-corrected chi connectivity index (χ1v) is 12.8. The minimum atomic E-state index is -1.81. The third-order valence-corrected chi connectivity index (χ3v) is 10.5. The van der Waals surface area contributed by atoms with Crippen LogP contribution in [0.3, 0.4) is 0 Å².